The van der Waals surface area contributed by atoms with E-state index in [-0.39, 0.29) is 0 Å². The summed E-state index contributed by atoms with van der Waals surface area (Å²) in [4.78, 5) is 10.5. The van der Waals surface area contributed by atoms with Gasteiger partial charge in [0, 0.05) is 0 Å². The Morgan fingerprint density at radius 3 is 2.00 bits per heavy atom. The summed E-state index contributed by atoms with van der Waals surface area (Å²) in [6.07, 6.45) is -7.70. The van der Waals surface area contributed by atoms with E-state index < -0.39 is 36.9 Å². The van der Waals surface area contributed by atoms with Crippen LogP contribution in [0.5, 0.6) is 0 Å². The van der Waals surface area contributed by atoms with Crippen molar-refractivity contribution < 1.29 is 35.5 Å². The lowest BCUT2D eigenvalue weighted by molar-refractivity contribution is -0.156. The van der Waals surface area contributed by atoms with Crippen LogP contribution in [0, 0.1) is 0 Å². The van der Waals surface area contributed by atoms with E-state index in [4.69, 9.17) is 30.7 Å². The number of aliphatic hydroxyl groups is 5. The summed E-state index contributed by atoms with van der Waals surface area (Å²) >= 11 is 0. The van der Waals surface area contributed by atoms with E-state index in [1.165, 1.54) is 0 Å². The second kappa shape index (κ2) is 5.86. The van der Waals surface area contributed by atoms with Crippen LogP contribution >= 0.6 is 0 Å². The zero-order chi connectivity index (χ0) is 11.3. The summed E-state index contributed by atoms with van der Waals surface area (Å²) in [7, 11) is 0. The number of rotatable bonds is 5. The molecule has 4 atom stereocenters. The highest BCUT2D eigenvalue weighted by atomic mass is 16.5. The normalized spacial score (nSPS) is 19.6. The first kappa shape index (κ1) is 13.2. The molecule has 0 aliphatic rings. The van der Waals surface area contributed by atoms with Crippen LogP contribution in [0.1, 0.15) is 0 Å². The van der Waals surface area contributed by atoms with Crippen LogP contribution in [-0.4, -0.2) is 67.7 Å². The van der Waals surface area contributed by atoms with Gasteiger partial charge >= 0.3 is 0 Å². The molecular weight excluding hydrogens is 198 g/mol. The zero-order valence-electron chi connectivity index (χ0n) is 7.11. The summed E-state index contributed by atoms with van der Waals surface area (Å²) in [6, 6.07) is 0. The molecule has 8 nitrogen and oxygen atoms in total. The summed E-state index contributed by atoms with van der Waals surface area (Å²) in [6.45, 7) is -0.842. The molecule has 0 aliphatic heterocycles. The Kier molecular flexibility index (Phi) is 5.53. The van der Waals surface area contributed by atoms with E-state index in [9.17, 15) is 4.79 Å². The van der Waals surface area contributed by atoms with Crippen molar-refractivity contribution in [2.45, 2.75) is 24.4 Å². The fraction of sp³-hybridized carbons (Fsp3) is 0.833. The van der Waals surface area contributed by atoms with Crippen molar-refractivity contribution in [3.63, 3.8) is 0 Å². The number of nitrogens with one attached hydrogen (secondary N) is 1. The first-order valence-corrected chi connectivity index (χ1v) is 3.72. The average Bonchev–Trinajstić information content (AvgIpc) is 2.23. The molecule has 0 spiro atoms. The maximum Gasteiger partial charge on any atom is 0.274 e. The molecule has 0 heterocycles. The second-order valence-corrected chi connectivity index (χ2v) is 2.65. The molecule has 0 aromatic heterocycles. The van der Waals surface area contributed by atoms with E-state index in [0.29, 0.717) is 0 Å². The van der Waals surface area contributed by atoms with Gasteiger partial charge in [-0.3, -0.25) is 10.0 Å². The molecule has 0 aromatic carbocycles. The van der Waals surface area contributed by atoms with E-state index in [2.05, 4.69) is 0 Å². The third-order valence-corrected chi connectivity index (χ3v) is 1.63. The first-order chi connectivity index (χ1) is 6.45. The lowest BCUT2D eigenvalue weighted by atomic mass is 10.0. The molecule has 7 N–H and O–H groups in total. The summed E-state index contributed by atoms with van der Waals surface area (Å²) in [5, 5.41) is 52.3. The fourth-order valence-electron chi connectivity index (χ4n) is 0.744. The smallest absolute Gasteiger partial charge is 0.274 e. The van der Waals surface area contributed by atoms with Gasteiger partial charge in [0.1, 0.15) is 18.3 Å². The van der Waals surface area contributed by atoms with Gasteiger partial charge in [0.15, 0.2) is 6.10 Å². The lowest BCUT2D eigenvalue weighted by Crippen LogP contribution is -2.51. The molecule has 8 heteroatoms. The largest absolute Gasteiger partial charge is 0.394 e. The molecule has 0 rings (SSSR count). The molecule has 0 radical (unpaired) electrons. The maximum absolute atomic E-state index is 10.5. The summed E-state index contributed by atoms with van der Waals surface area (Å²) in [5.41, 5.74) is 1.05. The van der Waals surface area contributed by atoms with Crippen molar-refractivity contribution in [2.24, 2.45) is 0 Å². The van der Waals surface area contributed by atoms with E-state index >= 15 is 0 Å². The number of hydroxylamine groups is 1. The SMILES string of the molecule is O=C(NO)[C@H](O)[C@@H](O)[C@H](O)[C@H](O)CO. The minimum atomic E-state index is -2.10. The minimum Gasteiger partial charge on any atom is -0.394 e. The van der Waals surface area contributed by atoms with Gasteiger partial charge in [-0.25, -0.2) is 5.48 Å². The predicted molar refractivity (Wildman–Crippen MR) is 41.0 cm³/mol. The van der Waals surface area contributed by atoms with Crippen LogP contribution in [0.2, 0.25) is 0 Å². The third-order valence-electron chi connectivity index (χ3n) is 1.63. The number of amides is 1. The van der Waals surface area contributed by atoms with Crippen molar-refractivity contribution in [1.29, 1.82) is 0 Å². The Morgan fingerprint density at radius 1 is 1.14 bits per heavy atom. The zero-order valence-corrected chi connectivity index (χ0v) is 7.11. The Morgan fingerprint density at radius 2 is 1.64 bits per heavy atom. The lowest BCUT2D eigenvalue weighted by Gasteiger charge is -2.24. The van der Waals surface area contributed by atoms with Crippen LogP contribution < -0.4 is 5.48 Å². The van der Waals surface area contributed by atoms with E-state index in [1.807, 2.05) is 0 Å². The van der Waals surface area contributed by atoms with Crippen LogP contribution in [0.15, 0.2) is 0 Å². The standard InChI is InChI=1S/C6H13NO7/c8-1-2(9)3(10)4(11)5(12)6(13)7-14/h2-5,8-12,14H,1H2,(H,7,13)/t2-,3-,4+,5-/m1/s1. The molecule has 0 aliphatic carbocycles. The molecule has 84 valence electrons. The van der Waals surface area contributed by atoms with Gasteiger partial charge in [0.25, 0.3) is 5.91 Å². The number of aliphatic hydroxyl groups excluding tert-OH is 5. The minimum absolute atomic E-state index is 0.842. The van der Waals surface area contributed by atoms with Gasteiger partial charge in [0.05, 0.1) is 6.61 Å². The summed E-state index contributed by atoms with van der Waals surface area (Å²) in [5.74, 6) is -1.33. The van der Waals surface area contributed by atoms with Crippen molar-refractivity contribution >= 4 is 5.91 Å². The van der Waals surface area contributed by atoms with Gasteiger partial charge in [0.2, 0.25) is 0 Å². The Hall–Kier alpha value is -0.770. The monoisotopic (exact) mass is 211 g/mol. The van der Waals surface area contributed by atoms with Crippen LogP contribution in [-0.2, 0) is 4.79 Å². The van der Waals surface area contributed by atoms with Gasteiger partial charge in [-0.1, -0.05) is 0 Å². The Bertz CT molecular complexity index is 187. The van der Waals surface area contributed by atoms with Gasteiger partial charge in [-0.15, -0.1) is 0 Å². The number of carbonyl (C=O) groups excluding carboxylic acids is 1. The molecule has 14 heavy (non-hydrogen) atoms. The van der Waals surface area contributed by atoms with Crippen LogP contribution in [0.3, 0.4) is 0 Å². The molecule has 0 unspecified atom stereocenters. The molecule has 0 saturated carbocycles. The maximum atomic E-state index is 10.5. The molecule has 0 fully saturated rings. The van der Waals surface area contributed by atoms with Crippen molar-refractivity contribution in [2.75, 3.05) is 6.61 Å². The topological polar surface area (TPSA) is 150 Å². The molecule has 0 aromatic rings. The number of carbonyl (C=O) groups is 1. The van der Waals surface area contributed by atoms with Gasteiger partial charge in [-0.2, -0.15) is 0 Å². The average molecular weight is 211 g/mol. The highest BCUT2D eigenvalue weighted by Gasteiger charge is 2.33. The summed E-state index contributed by atoms with van der Waals surface area (Å²) < 4.78 is 0. The van der Waals surface area contributed by atoms with Crippen molar-refractivity contribution in [3.8, 4) is 0 Å². The van der Waals surface area contributed by atoms with Gasteiger partial charge < -0.3 is 25.5 Å². The molecular formula is C6H13NO7. The second-order valence-electron chi connectivity index (χ2n) is 2.65. The number of hydrogen-bond donors (Lipinski definition) is 7. The third kappa shape index (κ3) is 3.18. The van der Waals surface area contributed by atoms with Crippen molar-refractivity contribution in [1.82, 2.24) is 5.48 Å². The van der Waals surface area contributed by atoms with Crippen LogP contribution in [0.4, 0.5) is 0 Å². The molecule has 1 amide bonds. The first-order valence-electron chi connectivity index (χ1n) is 3.72. The quantitative estimate of drug-likeness (QED) is 0.180. The van der Waals surface area contributed by atoms with Crippen molar-refractivity contribution in [3.05, 3.63) is 0 Å². The van der Waals surface area contributed by atoms with E-state index in [1.54, 1.807) is 0 Å². The molecule has 0 saturated heterocycles. The Balaban J connectivity index is 4.30. The predicted octanol–water partition coefficient (Wildman–Crippen LogP) is -4.07. The van der Waals surface area contributed by atoms with E-state index in [0.717, 1.165) is 5.48 Å². The molecule has 0 bridgehead atoms. The van der Waals surface area contributed by atoms with Crippen LogP contribution in [0.25, 0.3) is 0 Å². The van der Waals surface area contributed by atoms with Gasteiger partial charge in [-0.05, 0) is 0 Å². The Labute approximate surface area is 79.0 Å². The highest BCUT2D eigenvalue weighted by molar-refractivity contribution is 5.79. The fourth-order valence-corrected chi connectivity index (χ4v) is 0.744. The highest BCUT2D eigenvalue weighted by Crippen LogP contribution is 2.04. The number of hydrogen-bond acceptors (Lipinski definition) is 7.